The van der Waals surface area contributed by atoms with Gasteiger partial charge in [-0.15, -0.1) is 0 Å². The predicted octanol–water partition coefficient (Wildman–Crippen LogP) is 3.64. The molecular formula is C23H26N4O3. The van der Waals surface area contributed by atoms with Gasteiger partial charge in [-0.25, -0.2) is 9.78 Å². The number of aromatic amines is 1. The Hall–Kier alpha value is -3.35. The summed E-state index contributed by atoms with van der Waals surface area (Å²) in [5.74, 6) is -0.116. The number of hydrogen-bond donors (Lipinski definition) is 2. The average Bonchev–Trinajstić information content (AvgIpc) is 3.26. The molecule has 1 atom stereocenters. The number of rotatable bonds is 5. The highest BCUT2D eigenvalue weighted by molar-refractivity contribution is 5.81. The fourth-order valence-corrected chi connectivity index (χ4v) is 3.94. The van der Waals surface area contributed by atoms with Gasteiger partial charge in [0.2, 0.25) is 5.91 Å². The van der Waals surface area contributed by atoms with Crippen molar-refractivity contribution in [3.63, 3.8) is 0 Å². The molecule has 1 aliphatic rings. The van der Waals surface area contributed by atoms with Crippen LogP contribution in [0.25, 0.3) is 11.0 Å². The molecule has 2 N–H and O–H groups in total. The molecule has 2 heterocycles. The Bertz CT molecular complexity index is 1010. The minimum Gasteiger partial charge on any atom is -0.450 e. The maximum atomic E-state index is 13.1. The molecule has 1 aromatic heterocycles. The monoisotopic (exact) mass is 406 g/mol. The van der Waals surface area contributed by atoms with Crippen molar-refractivity contribution in [3.8, 4) is 0 Å². The molecule has 0 saturated carbocycles. The van der Waals surface area contributed by atoms with Crippen LogP contribution in [0.15, 0.2) is 54.9 Å². The van der Waals surface area contributed by atoms with Crippen molar-refractivity contribution in [1.29, 1.82) is 0 Å². The van der Waals surface area contributed by atoms with Crippen LogP contribution in [0, 0.1) is 5.92 Å². The van der Waals surface area contributed by atoms with Gasteiger partial charge >= 0.3 is 6.09 Å². The van der Waals surface area contributed by atoms with Crippen molar-refractivity contribution < 1.29 is 14.3 Å². The molecule has 1 aliphatic heterocycles. The quantitative estimate of drug-likeness (QED) is 0.677. The predicted molar refractivity (Wildman–Crippen MR) is 114 cm³/mol. The van der Waals surface area contributed by atoms with Crippen molar-refractivity contribution in [3.05, 3.63) is 66.0 Å². The van der Waals surface area contributed by atoms with Crippen LogP contribution in [0.1, 0.15) is 36.9 Å². The van der Waals surface area contributed by atoms with E-state index in [9.17, 15) is 9.59 Å². The number of fused-ring (bicyclic) bond motifs is 1. The number of carbonyl (C=O) groups is 2. The number of nitrogens with one attached hydrogen (secondary N) is 2. The molecule has 30 heavy (non-hydrogen) atoms. The lowest BCUT2D eigenvalue weighted by molar-refractivity contribution is -0.126. The number of piperidine rings is 1. The van der Waals surface area contributed by atoms with Gasteiger partial charge in [-0.05, 0) is 43.0 Å². The molecule has 0 spiro atoms. The van der Waals surface area contributed by atoms with Crippen LogP contribution in [0.5, 0.6) is 0 Å². The van der Waals surface area contributed by atoms with Gasteiger partial charge in [-0.3, -0.25) is 4.79 Å². The molecule has 1 saturated heterocycles. The molecular weight excluding hydrogens is 380 g/mol. The molecule has 0 bridgehead atoms. The molecule has 0 aliphatic carbocycles. The van der Waals surface area contributed by atoms with E-state index in [1.54, 1.807) is 18.2 Å². The Balaban J connectivity index is 1.50. The van der Waals surface area contributed by atoms with E-state index < -0.39 is 0 Å². The summed E-state index contributed by atoms with van der Waals surface area (Å²) in [5, 5.41) is 3.24. The highest BCUT2D eigenvalue weighted by atomic mass is 16.6. The van der Waals surface area contributed by atoms with Crippen LogP contribution in [-0.4, -0.2) is 46.6 Å². The van der Waals surface area contributed by atoms with Crippen molar-refractivity contribution in [2.24, 2.45) is 5.92 Å². The summed E-state index contributed by atoms with van der Waals surface area (Å²) >= 11 is 0. The van der Waals surface area contributed by atoms with Crippen molar-refractivity contribution in [1.82, 2.24) is 20.2 Å². The second-order valence-corrected chi connectivity index (χ2v) is 7.49. The number of likely N-dealkylation sites (tertiary alicyclic amines) is 1. The van der Waals surface area contributed by atoms with E-state index in [2.05, 4.69) is 15.3 Å². The second-order valence-electron chi connectivity index (χ2n) is 7.49. The third-order valence-corrected chi connectivity index (χ3v) is 5.59. The van der Waals surface area contributed by atoms with E-state index in [4.69, 9.17) is 4.74 Å². The first-order chi connectivity index (χ1) is 14.7. The lowest BCUT2D eigenvalue weighted by Gasteiger charge is -2.31. The summed E-state index contributed by atoms with van der Waals surface area (Å²) < 4.78 is 5.06. The normalized spacial score (nSPS) is 15.7. The van der Waals surface area contributed by atoms with E-state index >= 15 is 0 Å². The van der Waals surface area contributed by atoms with Gasteiger partial charge in [0.25, 0.3) is 0 Å². The summed E-state index contributed by atoms with van der Waals surface area (Å²) in [6, 6.07) is 15.7. The first-order valence-electron chi connectivity index (χ1n) is 10.4. The zero-order chi connectivity index (χ0) is 20.9. The molecule has 2 aromatic carbocycles. The summed E-state index contributed by atoms with van der Waals surface area (Å²) in [7, 11) is 0. The SMILES string of the molecule is CCOC(=O)N1CCC(C(=O)NC(c2ccccc2)c2ccc3nc[nH]c3c2)CC1. The Labute approximate surface area is 175 Å². The highest BCUT2D eigenvalue weighted by Gasteiger charge is 2.29. The molecule has 156 valence electrons. The van der Waals surface area contributed by atoms with Crippen molar-refractivity contribution in [2.45, 2.75) is 25.8 Å². The Morgan fingerprint density at radius 1 is 1.17 bits per heavy atom. The fourth-order valence-electron chi connectivity index (χ4n) is 3.94. The summed E-state index contributed by atoms with van der Waals surface area (Å²) in [6.45, 7) is 3.22. The number of carbonyl (C=O) groups excluding carboxylic acids is 2. The number of hydrogen-bond acceptors (Lipinski definition) is 4. The standard InChI is InChI=1S/C23H26N4O3/c1-2-30-23(29)27-12-10-17(11-13-27)22(28)26-21(16-6-4-3-5-7-16)18-8-9-19-20(14-18)25-15-24-19/h3-9,14-15,17,21H,2,10-13H2,1H3,(H,24,25)(H,26,28). The van der Waals surface area contributed by atoms with Crippen LogP contribution in [0.2, 0.25) is 0 Å². The number of benzene rings is 2. The number of amides is 2. The first kappa shape index (κ1) is 19.9. The molecule has 3 aromatic rings. The lowest BCUT2D eigenvalue weighted by atomic mass is 9.93. The molecule has 1 unspecified atom stereocenters. The maximum absolute atomic E-state index is 13.1. The smallest absolute Gasteiger partial charge is 0.409 e. The summed E-state index contributed by atoms with van der Waals surface area (Å²) in [4.78, 5) is 34.1. The van der Waals surface area contributed by atoms with Crippen LogP contribution in [0.4, 0.5) is 4.79 Å². The Kier molecular flexibility index (Phi) is 5.97. The van der Waals surface area contributed by atoms with Crippen molar-refractivity contribution >= 4 is 23.0 Å². The van der Waals surface area contributed by atoms with Gasteiger partial charge in [-0.2, -0.15) is 0 Å². The van der Waals surface area contributed by atoms with Gasteiger partial charge in [0, 0.05) is 19.0 Å². The zero-order valence-electron chi connectivity index (χ0n) is 17.0. The Morgan fingerprint density at radius 3 is 2.67 bits per heavy atom. The molecule has 7 heteroatoms. The molecule has 7 nitrogen and oxygen atoms in total. The third-order valence-electron chi connectivity index (χ3n) is 5.59. The number of H-pyrrole nitrogens is 1. The van der Waals surface area contributed by atoms with Crippen LogP contribution < -0.4 is 5.32 Å². The summed E-state index contributed by atoms with van der Waals surface area (Å²) in [5.41, 5.74) is 3.84. The highest BCUT2D eigenvalue weighted by Crippen LogP contribution is 2.26. The second kappa shape index (κ2) is 8.98. The van der Waals surface area contributed by atoms with Crippen LogP contribution in [0.3, 0.4) is 0 Å². The fraction of sp³-hybridized carbons (Fsp3) is 0.348. The van der Waals surface area contributed by atoms with E-state index in [0.29, 0.717) is 32.5 Å². The molecule has 0 radical (unpaired) electrons. The largest absolute Gasteiger partial charge is 0.450 e. The maximum Gasteiger partial charge on any atom is 0.409 e. The van der Waals surface area contributed by atoms with Crippen LogP contribution >= 0.6 is 0 Å². The van der Waals surface area contributed by atoms with Gasteiger partial charge in [0.05, 0.1) is 30.0 Å². The summed E-state index contributed by atoms with van der Waals surface area (Å²) in [6.07, 6.45) is 2.63. The number of imidazole rings is 1. The molecule has 1 fully saturated rings. The Morgan fingerprint density at radius 2 is 1.93 bits per heavy atom. The van der Waals surface area contributed by atoms with E-state index in [1.807, 2.05) is 48.5 Å². The zero-order valence-corrected chi connectivity index (χ0v) is 17.0. The minimum absolute atomic E-state index is 0.0112. The van der Waals surface area contributed by atoms with Gasteiger partial charge in [0.1, 0.15) is 0 Å². The average molecular weight is 406 g/mol. The number of nitrogens with zero attached hydrogens (tertiary/aromatic N) is 2. The number of aromatic nitrogens is 2. The molecule has 2 amide bonds. The lowest BCUT2D eigenvalue weighted by Crippen LogP contribution is -2.44. The van der Waals surface area contributed by atoms with Crippen LogP contribution in [-0.2, 0) is 9.53 Å². The van der Waals surface area contributed by atoms with Crippen molar-refractivity contribution in [2.75, 3.05) is 19.7 Å². The first-order valence-corrected chi connectivity index (χ1v) is 10.4. The van der Waals surface area contributed by atoms with E-state index in [-0.39, 0.29) is 24.0 Å². The van der Waals surface area contributed by atoms with Gasteiger partial charge in [-0.1, -0.05) is 36.4 Å². The minimum atomic E-state index is -0.300. The van der Waals surface area contributed by atoms with E-state index in [1.165, 1.54) is 0 Å². The number of ether oxygens (including phenoxy) is 1. The van der Waals surface area contributed by atoms with Gasteiger partial charge < -0.3 is 19.9 Å². The van der Waals surface area contributed by atoms with Gasteiger partial charge in [0.15, 0.2) is 0 Å². The third kappa shape index (κ3) is 4.30. The van der Waals surface area contributed by atoms with E-state index in [0.717, 1.165) is 22.2 Å². The molecule has 4 rings (SSSR count). The topological polar surface area (TPSA) is 87.3 Å².